The quantitative estimate of drug-likeness (QED) is 0.901. The fourth-order valence-electron chi connectivity index (χ4n) is 3.05. The molecule has 0 aliphatic heterocycles. The molecule has 1 aromatic heterocycles. The highest BCUT2D eigenvalue weighted by Crippen LogP contribution is 2.26. The zero-order valence-electron chi connectivity index (χ0n) is 11.8. The van der Waals surface area contributed by atoms with Crippen molar-refractivity contribution >= 4 is 5.69 Å². The van der Waals surface area contributed by atoms with Crippen molar-refractivity contribution in [2.75, 3.05) is 11.9 Å². The lowest BCUT2D eigenvalue weighted by atomic mass is 9.87. The van der Waals surface area contributed by atoms with E-state index in [1.54, 1.807) is 6.20 Å². The number of benzene rings is 1. The summed E-state index contributed by atoms with van der Waals surface area (Å²) < 4.78 is 1.81. The zero-order valence-corrected chi connectivity index (χ0v) is 11.8. The Morgan fingerprint density at radius 2 is 2.00 bits per heavy atom. The van der Waals surface area contributed by atoms with Crippen molar-refractivity contribution in [3.8, 4) is 5.69 Å². The van der Waals surface area contributed by atoms with E-state index in [-0.39, 0.29) is 0 Å². The van der Waals surface area contributed by atoms with Gasteiger partial charge in [0.1, 0.15) is 0 Å². The Morgan fingerprint density at radius 1 is 1.15 bits per heavy atom. The van der Waals surface area contributed by atoms with Gasteiger partial charge in [0.05, 0.1) is 23.8 Å². The minimum absolute atomic E-state index is 0.912. The molecule has 1 aliphatic rings. The number of nitrogens with one attached hydrogen (secondary N) is 1. The van der Waals surface area contributed by atoms with Crippen LogP contribution in [0, 0.1) is 5.92 Å². The molecule has 0 bridgehead atoms. The predicted molar refractivity (Wildman–Crippen MR) is 81.0 cm³/mol. The van der Waals surface area contributed by atoms with Gasteiger partial charge in [-0.2, -0.15) is 0 Å². The Kier molecular flexibility index (Phi) is 4.31. The molecule has 3 rings (SSSR count). The minimum Gasteiger partial charge on any atom is -0.383 e. The smallest absolute Gasteiger partial charge is 0.0894 e. The largest absolute Gasteiger partial charge is 0.383 e. The lowest BCUT2D eigenvalue weighted by Crippen LogP contribution is -2.13. The molecule has 0 atom stereocenters. The Balaban J connectivity index is 1.60. The molecule has 20 heavy (non-hydrogen) atoms. The van der Waals surface area contributed by atoms with E-state index in [4.69, 9.17) is 0 Å². The average molecular weight is 270 g/mol. The van der Waals surface area contributed by atoms with Crippen LogP contribution >= 0.6 is 0 Å². The van der Waals surface area contributed by atoms with Gasteiger partial charge in [0.25, 0.3) is 0 Å². The maximum absolute atomic E-state index is 4.07. The molecule has 1 saturated carbocycles. The van der Waals surface area contributed by atoms with E-state index in [1.807, 2.05) is 16.9 Å². The summed E-state index contributed by atoms with van der Waals surface area (Å²) in [4.78, 5) is 0. The van der Waals surface area contributed by atoms with Gasteiger partial charge in [-0.25, -0.2) is 4.68 Å². The van der Waals surface area contributed by atoms with Crippen LogP contribution in [-0.4, -0.2) is 21.5 Å². The van der Waals surface area contributed by atoms with E-state index >= 15 is 0 Å². The summed E-state index contributed by atoms with van der Waals surface area (Å²) in [6, 6.07) is 8.27. The first kappa shape index (κ1) is 13.2. The molecule has 106 valence electrons. The van der Waals surface area contributed by atoms with Crippen molar-refractivity contribution in [1.29, 1.82) is 0 Å². The Labute approximate surface area is 120 Å². The monoisotopic (exact) mass is 270 g/mol. The molecule has 1 aliphatic carbocycles. The molecule has 4 heteroatoms. The summed E-state index contributed by atoms with van der Waals surface area (Å²) in [6.45, 7) is 1.04. The van der Waals surface area contributed by atoms with Gasteiger partial charge in [-0.05, 0) is 24.5 Å². The Hall–Kier alpha value is -1.84. The van der Waals surface area contributed by atoms with Crippen molar-refractivity contribution in [3.05, 3.63) is 36.7 Å². The van der Waals surface area contributed by atoms with Gasteiger partial charge in [-0.1, -0.05) is 49.5 Å². The van der Waals surface area contributed by atoms with E-state index in [9.17, 15) is 0 Å². The van der Waals surface area contributed by atoms with Gasteiger partial charge < -0.3 is 5.32 Å². The summed E-state index contributed by atoms with van der Waals surface area (Å²) in [5, 5.41) is 11.5. The van der Waals surface area contributed by atoms with Crippen molar-refractivity contribution < 1.29 is 0 Å². The maximum atomic E-state index is 4.07. The van der Waals surface area contributed by atoms with E-state index in [0.717, 1.165) is 23.8 Å². The van der Waals surface area contributed by atoms with Gasteiger partial charge in [0.15, 0.2) is 0 Å². The highest BCUT2D eigenvalue weighted by atomic mass is 15.4. The van der Waals surface area contributed by atoms with Gasteiger partial charge in [0, 0.05) is 6.54 Å². The van der Waals surface area contributed by atoms with E-state index < -0.39 is 0 Å². The average Bonchev–Trinajstić information content (AvgIpc) is 3.03. The molecular weight excluding hydrogens is 248 g/mol. The fraction of sp³-hybridized carbons (Fsp3) is 0.500. The maximum Gasteiger partial charge on any atom is 0.0894 e. The number of nitrogens with zero attached hydrogens (tertiary/aromatic N) is 3. The van der Waals surface area contributed by atoms with Gasteiger partial charge in [0.2, 0.25) is 0 Å². The van der Waals surface area contributed by atoms with Gasteiger partial charge in [-0.15, -0.1) is 5.10 Å². The third-order valence-electron chi connectivity index (χ3n) is 4.17. The number of para-hydroxylation sites is 2. The Bertz CT molecular complexity index is 515. The third-order valence-corrected chi connectivity index (χ3v) is 4.17. The number of hydrogen-bond donors (Lipinski definition) is 1. The van der Waals surface area contributed by atoms with Crippen molar-refractivity contribution in [3.63, 3.8) is 0 Å². The third kappa shape index (κ3) is 3.18. The molecule has 1 fully saturated rings. The SMILES string of the molecule is c1ccc(-n2ccnn2)c(NCCC2CCCCC2)c1. The van der Waals surface area contributed by atoms with Crippen LogP contribution < -0.4 is 5.32 Å². The van der Waals surface area contributed by atoms with Crippen LogP contribution in [0.15, 0.2) is 36.7 Å². The molecular formula is C16H22N4. The first-order chi connectivity index (χ1) is 9.93. The first-order valence-corrected chi connectivity index (χ1v) is 7.63. The minimum atomic E-state index is 0.912. The molecule has 0 saturated heterocycles. The van der Waals surface area contributed by atoms with E-state index in [1.165, 1.54) is 38.5 Å². The van der Waals surface area contributed by atoms with Crippen molar-refractivity contribution in [2.24, 2.45) is 5.92 Å². The van der Waals surface area contributed by atoms with Crippen LogP contribution in [-0.2, 0) is 0 Å². The standard InChI is InChI=1S/C16H22N4/c1-2-6-14(7-3-1)10-11-17-15-8-4-5-9-16(15)20-13-12-18-19-20/h4-5,8-9,12-14,17H,1-3,6-7,10-11H2. The van der Waals surface area contributed by atoms with Crippen molar-refractivity contribution in [2.45, 2.75) is 38.5 Å². The molecule has 0 spiro atoms. The number of hydrogen-bond acceptors (Lipinski definition) is 3. The predicted octanol–water partition coefficient (Wildman–Crippen LogP) is 3.65. The molecule has 4 nitrogen and oxygen atoms in total. The molecule has 2 aromatic rings. The second-order valence-corrected chi connectivity index (χ2v) is 5.58. The molecule has 0 amide bonds. The summed E-state index contributed by atoms with van der Waals surface area (Å²) in [5.41, 5.74) is 2.20. The van der Waals surface area contributed by atoms with Crippen LogP contribution in [0.5, 0.6) is 0 Å². The number of anilines is 1. The lowest BCUT2D eigenvalue weighted by molar-refractivity contribution is 0.345. The van der Waals surface area contributed by atoms with Gasteiger partial charge >= 0.3 is 0 Å². The molecule has 1 heterocycles. The second-order valence-electron chi connectivity index (χ2n) is 5.58. The molecule has 1 N–H and O–H groups in total. The summed E-state index contributed by atoms with van der Waals surface area (Å²) in [7, 11) is 0. The number of aromatic nitrogens is 3. The van der Waals surface area contributed by atoms with Crippen LogP contribution in [0.3, 0.4) is 0 Å². The zero-order chi connectivity index (χ0) is 13.6. The van der Waals surface area contributed by atoms with E-state index in [0.29, 0.717) is 0 Å². The Morgan fingerprint density at radius 3 is 2.80 bits per heavy atom. The molecule has 0 unspecified atom stereocenters. The van der Waals surface area contributed by atoms with E-state index in [2.05, 4.69) is 33.8 Å². The lowest BCUT2D eigenvalue weighted by Gasteiger charge is -2.22. The van der Waals surface area contributed by atoms with Crippen LogP contribution in [0.1, 0.15) is 38.5 Å². The first-order valence-electron chi connectivity index (χ1n) is 7.63. The topological polar surface area (TPSA) is 42.7 Å². The van der Waals surface area contributed by atoms with Crippen LogP contribution in [0.2, 0.25) is 0 Å². The normalized spacial score (nSPS) is 16.2. The highest BCUT2D eigenvalue weighted by Gasteiger charge is 2.13. The molecule has 1 aromatic carbocycles. The fourth-order valence-corrected chi connectivity index (χ4v) is 3.05. The number of rotatable bonds is 5. The van der Waals surface area contributed by atoms with Gasteiger partial charge in [-0.3, -0.25) is 0 Å². The summed E-state index contributed by atoms with van der Waals surface area (Å²) in [6.07, 6.45) is 11.9. The summed E-state index contributed by atoms with van der Waals surface area (Å²) in [5.74, 6) is 0.912. The van der Waals surface area contributed by atoms with Crippen LogP contribution in [0.25, 0.3) is 5.69 Å². The van der Waals surface area contributed by atoms with Crippen LogP contribution in [0.4, 0.5) is 5.69 Å². The highest BCUT2D eigenvalue weighted by molar-refractivity contribution is 5.60. The summed E-state index contributed by atoms with van der Waals surface area (Å²) >= 11 is 0. The second kappa shape index (κ2) is 6.55. The molecule has 0 radical (unpaired) electrons. The van der Waals surface area contributed by atoms with Crippen molar-refractivity contribution in [1.82, 2.24) is 15.0 Å².